The molecule has 19 heavy (non-hydrogen) atoms. The van der Waals surface area contributed by atoms with Gasteiger partial charge in [0.2, 0.25) is 0 Å². The van der Waals surface area contributed by atoms with Gasteiger partial charge in [-0.05, 0) is 18.2 Å². The molecule has 6 heteroatoms. The molecule has 0 bridgehead atoms. The minimum absolute atomic E-state index is 0.00962. The van der Waals surface area contributed by atoms with Gasteiger partial charge in [-0.1, -0.05) is 11.6 Å². The van der Waals surface area contributed by atoms with E-state index in [1.807, 2.05) is 4.90 Å². The Morgan fingerprint density at radius 1 is 1.37 bits per heavy atom. The average Bonchev–Trinajstić information content (AvgIpc) is 2.42. The molecule has 1 saturated heterocycles. The van der Waals surface area contributed by atoms with Crippen LogP contribution in [0.15, 0.2) is 18.2 Å². The SMILES string of the molecule is N#CCN1CCN(C(=O)c2ccc(Cl)c(F)c2)CC1. The average molecular weight is 282 g/mol. The van der Waals surface area contributed by atoms with Crippen molar-refractivity contribution in [2.75, 3.05) is 32.7 Å². The summed E-state index contributed by atoms with van der Waals surface area (Å²) in [5, 5.41) is 8.61. The molecule has 0 aromatic heterocycles. The zero-order chi connectivity index (χ0) is 13.8. The lowest BCUT2D eigenvalue weighted by molar-refractivity contribution is 0.0651. The number of carbonyl (C=O) groups is 1. The summed E-state index contributed by atoms with van der Waals surface area (Å²) in [5.41, 5.74) is 0.302. The second kappa shape index (κ2) is 6.00. The lowest BCUT2D eigenvalue weighted by Crippen LogP contribution is -2.48. The third-order valence-corrected chi connectivity index (χ3v) is 3.43. The summed E-state index contributed by atoms with van der Waals surface area (Å²) in [5.74, 6) is -0.789. The van der Waals surface area contributed by atoms with Crippen molar-refractivity contribution in [1.82, 2.24) is 9.80 Å². The van der Waals surface area contributed by atoms with Crippen LogP contribution in [-0.2, 0) is 0 Å². The number of hydrogen-bond donors (Lipinski definition) is 0. The minimum Gasteiger partial charge on any atom is -0.336 e. The van der Waals surface area contributed by atoms with Gasteiger partial charge < -0.3 is 4.90 Å². The number of hydrogen-bond acceptors (Lipinski definition) is 3. The Labute approximate surface area is 116 Å². The minimum atomic E-state index is -0.587. The van der Waals surface area contributed by atoms with Crippen LogP contribution >= 0.6 is 11.6 Å². The molecule has 1 aliphatic heterocycles. The van der Waals surface area contributed by atoms with E-state index in [1.165, 1.54) is 12.1 Å². The summed E-state index contributed by atoms with van der Waals surface area (Å²) in [6.45, 7) is 2.79. The topological polar surface area (TPSA) is 47.3 Å². The van der Waals surface area contributed by atoms with Crippen molar-refractivity contribution in [2.45, 2.75) is 0 Å². The largest absolute Gasteiger partial charge is 0.336 e. The zero-order valence-electron chi connectivity index (χ0n) is 10.3. The smallest absolute Gasteiger partial charge is 0.254 e. The van der Waals surface area contributed by atoms with Crippen molar-refractivity contribution >= 4 is 17.5 Å². The van der Waals surface area contributed by atoms with Crippen molar-refractivity contribution in [3.8, 4) is 6.07 Å². The van der Waals surface area contributed by atoms with Crippen molar-refractivity contribution in [3.05, 3.63) is 34.6 Å². The van der Waals surface area contributed by atoms with Gasteiger partial charge in [-0.3, -0.25) is 9.69 Å². The summed E-state index contributed by atoms with van der Waals surface area (Å²) < 4.78 is 13.3. The molecule has 1 heterocycles. The van der Waals surface area contributed by atoms with Crippen LogP contribution in [0, 0.1) is 17.1 Å². The Bertz CT molecular complexity index is 521. The molecule has 0 saturated carbocycles. The van der Waals surface area contributed by atoms with Gasteiger partial charge in [0, 0.05) is 31.7 Å². The molecule has 1 fully saturated rings. The highest BCUT2D eigenvalue weighted by atomic mass is 35.5. The van der Waals surface area contributed by atoms with Gasteiger partial charge in [-0.25, -0.2) is 4.39 Å². The maximum atomic E-state index is 13.3. The number of rotatable bonds is 2. The molecular formula is C13H13ClFN3O. The predicted molar refractivity (Wildman–Crippen MR) is 69.4 cm³/mol. The van der Waals surface area contributed by atoms with Crippen molar-refractivity contribution in [2.24, 2.45) is 0 Å². The number of nitriles is 1. The van der Waals surface area contributed by atoms with Gasteiger partial charge >= 0.3 is 0 Å². The summed E-state index contributed by atoms with van der Waals surface area (Å²) in [7, 11) is 0. The molecule has 0 unspecified atom stereocenters. The molecule has 0 aliphatic carbocycles. The van der Waals surface area contributed by atoms with E-state index in [0.717, 1.165) is 6.07 Å². The molecule has 0 radical (unpaired) electrons. The molecule has 0 N–H and O–H groups in total. The van der Waals surface area contributed by atoms with Gasteiger partial charge in [-0.15, -0.1) is 0 Å². The number of halogens is 2. The maximum Gasteiger partial charge on any atom is 0.254 e. The first kappa shape index (κ1) is 13.8. The van der Waals surface area contributed by atoms with E-state index in [9.17, 15) is 9.18 Å². The van der Waals surface area contributed by atoms with Crippen LogP contribution < -0.4 is 0 Å². The van der Waals surface area contributed by atoms with E-state index in [2.05, 4.69) is 6.07 Å². The highest BCUT2D eigenvalue weighted by Crippen LogP contribution is 2.17. The summed E-state index contributed by atoms with van der Waals surface area (Å²) in [4.78, 5) is 15.8. The predicted octanol–water partition coefficient (Wildman–Crippen LogP) is 1.76. The Morgan fingerprint density at radius 2 is 2.05 bits per heavy atom. The number of carbonyl (C=O) groups excluding carboxylic acids is 1. The lowest BCUT2D eigenvalue weighted by Gasteiger charge is -2.33. The highest BCUT2D eigenvalue weighted by Gasteiger charge is 2.22. The Hall–Kier alpha value is -1.64. The van der Waals surface area contributed by atoms with Gasteiger partial charge in [0.1, 0.15) is 5.82 Å². The molecule has 1 aromatic rings. The van der Waals surface area contributed by atoms with Gasteiger partial charge in [-0.2, -0.15) is 5.26 Å². The fourth-order valence-corrected chi connectivity index (χ4v) is 2.14. The van der Waals surface area contributed by atoms with Crippen molar-refractivity contribution < 1.29 is 9.18 Å². The normalized spacial score (nSPS) is 16.2. The quantitative estimate of drug-likeness (QED) is 0.776. The van der Waals surface area contributed by atoms with Crippen molar-refractivity contribution in [3.63, 3.8) is 0 Å². The second-order valence-electron chi connectivity index (χ2n) is 4.36. The first-order chi connectivity index (χ1) is 9.11. The molecule has 1 aromatic carbocycles. The van der Waals surface area contributed by atoms with E-state index in [0.29, 0.717) is 38.3 Å². The summed E-state index contributed by atoms with van der Waals surface area (Å²) in [6.07, 6.45) is 0. The number of benzene rings is 1. The van der Waals surface area contributed by atoms with Crippen LogP contribution in [0.3, 0.4) is 0 Å². The number of amides is 1. The van der Waals surface area contributed by atoms with Crippen LogP contribution in [0.2, 0.25) is 5.02 Å². The van der Waals surface area contributed by atoms with E-state index in [4.69, 9.17) is 16.9 Å². The number of piperazine rings is 1. The highest BCUT2D eigenvalue weighted by molar-refractivity contribution is 6.30. The fourth-order valence-electron chi connectivity index (χ4n) is 2.02. The Morgan fingerprint density at radius 3 is 2.63 bits per heavy atom. The lowest BCUT2D eigenvalue weighted by atomic mass is 10.1. The summed E-state index contributed by atoms with van der Waals surface area (Å²) >= 11 is 5.59. The molecule has 0 spiro atoms. The first-order valence-electron chi connectivity index (χ1n) is 5.95. The first-order valence-corrected chi connectivity index (χ1v) is 6.33. The maximum absolute atomic E-state index is 13.3. The van der Waals surface area contributed by atoms with Crippen LogP contribution in [0.25, 0.3) is 0 Å². The molecular weight excluding hydrogens is 269 g/mol. The van der Waals surface area contributed by atoms with Crippen LogP contribution in [-0.4, -0.2) is 48.4 Å². The fraction of sp³-hybridized carbons (Fsp3) is 0.385. The molecule has 0 atom stereocenters. The second-order valence-corrected chi connectivity index (χ2v) is 4.76. The standard InChI is InChI=1S/C13H13ClFN3O/c14-11-2-1-10(9-12(11)15)13(19)18-7-5-17(4-3-16)6-8-18/h1-2,9H,4-8H2. The summed E-state index contributed by atoms with van der Waals surface area (Å²) in [6, 6.07) is 6.15. The van der Waals surface area contributed by atoms with E-state index >= 15 is 0 Å². The van der Waals surface area contributed by atoms with Gasteiger partial charge in [0.15, 0.2) is 0 Å². The van der Waals surface area contributed by atoms with Crippen LogP contribution in [0.5, 0.6) is 0 Å². The van der Waals surface area contributed by atoms with E-state index in [-0.39, 0.29) is 10.9 Å². The molecule has 4 nitrogen and oxygen atoms in total. The zero-order valence-corrected chi connectivity index (χ0v) is 11.0. The van der Waals surface area contributed by atoms with Crippen LogP contribution in [0.1, 0.15) is 10.4 Å². The Balaban J connectivity index is 2.01. The van der Waals surface area contributed by atoms with Crippen molar-refractivity contribution in [1.29, 1.82) is 5.26 Å². The van der Waals surface area contributed by atoms with E-state index in [1.54, 1.807) is 4.90 Å². The van der Waals surface area contributed by atoms with E-state index < -0.39 is 5.82 Å². The number of nitrogens with zero attached hydrogens (tertiary/aromatic N) is 3. The molecule has 1 aliphatic rings. The third kappa shape index (κ3) is 3.22. The van der Waals surface area contributed by atoms with Crippen LogP contribution in [0.4, 0.5) is 4.39 Å². The monoisotopic (exact) mass is 281 g/mol. The molecule has 100 valence electrons. The Kier molecular flexibility index (Phi) is 4.35. The third-order valence-electron chi connectivity index (χ3n) is 3.12. The molecule has 2 rings (SSSR count). The molecule has 1 amide bonds. The van der Waals surface area contributed by atoms with Gasteiger partial charge in [0.05, 0.1) is 17.6 Å². The van der Waals surface area contributed by atoms with Gasteiger partial charge in [0.25, 0.3) is 5.91 Å².